The largest absolute Gasteiger partial charge is 0.834 e. The molecule has 0 aromatic carbocycles. The fraction of sp³-hybridized carbons (Fsp3) is 0.875. The van der Waals surface area contributed by atoms with Crippen LogP contribution in [0.4, 0.5) is 0 Å². The first kappa shape index (κ1) is 24.8. The molecule has 0 aromatic heterocycles. The first-order valence-corrected chi connectivity index (χ1v) is 8.91. The molecule has 2 aliphatic heterocycles. The molecule has 0 aliphatic carbocycles. The molecular weight excluding hydrogens is 414 g/mol. The second-order valence-electron chi connectivity index (χ2n) is 6.50. The predicted octanol–water partition coefficient (Wildman–Crippen LogP) is -4.26. The van der Waals surface area contributed by atoms with E-state index in [0.717, 1.165) is 0 Å². The van der Waals surface area contributed by atoms with E-state index in [1.54, 1.807) is 0 Å². The summed E-state index contributed by atoms with van der Waals surface area (Å²) >= 11 is 0. The van der Waals surface area contributed by atoms with Crippen LogP contribution in [0.15, 0.2) is 0 Å². The maximum atomic E-state index is 11.6. The zero-order valence-electron chi connectivity index (χ0n) is 16.5. The number of hydrogen-bond donors (Lipinski definition) is 4. The monoisotopic (exact) mass is 442 g/mol. The molecule has 0 spiro atoms. The highest BCUT2D eigenvalue weighted by Crippen LogP contribution is 2.30. The van der Waals surface area contributed by atoms with E-state index in [4.69, 9.17) is 28.4 Å². The molecule has 14 nitrogen and oxygen atoms in total. The lowest BCUT2D eigenvalue weighted by molar-refractivity contribution is -0.471. The van der Waals surface area contributed by atoms with Crippen molar-refractivity contribution in [3.05, 3.63) is 0 Å². The SMILES string of the molecule is COC1OC(OC=O)[C@@H](O)[C@H](OC2OC(OC[O-])[C@@H](OC)[C@H](O)[C@@H]2O)[C@@H]1NC(C)=O.[HH]. The number of carbonyl (C=O) groups is 2. The van der Waals surface area contributed by atoms with Gasteiger partial charge in [0.05, 0.1) is 0 Å². The lowest BCUT2D eigenvalue weighted by Gasteiger charge is -2.47. The third kappa shape index (κ3) is 5.42. The van der Waals surface area contributed by atoms with E-state index in [1.165, 1.54) is 21.1 Å². The van der Waals surface area contributed by atoms with E-state index in [2.05, 4.69) is 10.1 Å². The van der Waals surface area contributed by atoms with Crippen molar-refractivity contribution in [2.24, 2.45) is 0 Å². The molecule has 14 heteroatoms. The lowest BCUT2D eigenvalue weighted by atomic mass is 9.99. The first-order chi connectivity index (χ1) is 14.3. The maximum absolute atomic E-state index is 11.6. The van der Waals surface area contributed by atoms with Crippen LogP contribution in [0.5, 0.6) is 0 Å². The Bertz CT molecular complexity index is 572. The molecule has 2 rings (SSSR count). The molecule has 176 valence electrons. The van der Waals surface area contributed by atoms with Crippen molar-refractivity contribution in [2.75, 3.05) is 21.0 Å². The Morgan fingerprint density at radius 2 is 1.70 bits per heavy atom. The summed E-state index contributed by atoms with van der Waals surface area (Å²) in [5.74, 6) is -0.529. The number of hydrogen-bond acceptors (Lipinski definition) is 13. The molecule has 0 aromatic rings. The second kappa shape index (κ2) is 11.2. The molecule has 2 aliphatic rings. The van der Waals surface area contributed by atoms with Crippen LogP contribution in [0.25, 0.3) is 0 Å². The van der Waals surface area contributed by atoms with Gasteiger partial charge in [-0.05, 0) is 6.79 Å². The normalized spacial score (nSPS) is 41.8. The molecule has 0 bridgehead atoms. The third-order valence-electron chi connectivity index (χ3n) is 4.62. The van der Waals surface area contributed by atoms with E-state index in [9.17, 15) is 30.0 Å². The van der Waals surface area contributed by atoms with Gasteiger partial charge in [0.1, 0.15) is 36.6 Å². The Balaban J connectivity index is 0.00000480. The van der Waals surface area contributed by atoms with Gasteiger partial charge in [0.15, 0.2) is 18.9 Å². The van der Waals surface area contributed by atoms with Crippen molar-refractivity contribution in [3.63, 3.8) is 0 Å². The fourth-order valence-electron chi connectivity index (χ4n) is 3.26. The van der Waals surface area contributed by atoms with Crippen LogP contribution in [-0.4, -0.2) is 110 Å². The summed E-state index contributed by atoms with van der Waals surface area (Å²) < 4.78 is 36.0. The Hall–Kier alpha value is -1.46. The van der Waals surface area contributed by atoms with E-state index in [0.29, 0.717) is 0 Å². The predicted molar refractivity (Wildman–Crippen MR) is 90.8 cm³/mol. The zero-order valence-corrected chi connectivity index (χ0v) is 16.5. The van der Waals surface area contributed by atoms with Gasteiger partial charge in [0.25, 0.3) is 6.47 Å². The van der Waals surface area contributed by atoms with Gasteiger partial charge in [-0.15, -0.1) is 0 Å². The molecule has 2 fully saturated rings. The smallest absolute Gasteiger partial charge is 0.295 e. The van der Waals surface area contributed by atoms with Crippen molar-refractivity contribution < 1.29 is 64.6 Å². The van der Waals surface area contributed by atoms with Crippen molar-refractivity contribution in [2.45, 2.75) is 68.6 Å². The summed E-state index contributed by atoms with van der Waals surface area (Å²) in [5, 5.41) is 44.5. The lowest BCUT2D eigenvalue weighted by Crippen LogP contribution is -2.67. The number of carbonyl (C=O) groups excluding carboxylic acids is 2. The van der Waals surface area contributed by atoms with Gasteiger partial charge in [-0.3, -0.25) is 9.59 Å². The average molecular weight is 442 g/mol. The standard InChI is InChI=1S/C16H26NO13.H2/c1-6(20)17-7-11(10(23)14(26-4-18)29-13(7)25-3)28-15-9(22)8(21)12(24-2)16(30-15)27-5-19;/h4,7-16,21-23H,5H2,1-3H3,(H,17,20);1H/q-1;/t7-,8+,9-,10-,11+,12-,13?,14?,15?,16?;/m0./s1. The minimum absolute atomic E-state index is 0. The van der Waals surface area contributed by atoms with E-state index in [1.807, 2.05) is 0 Å². The molecule has 2 saturated heterocycles. The van der Waals surface area contributed by atoms with Crippen LogP contribution in [0.3, 0.4) is 0 Å². The van der Waals surface area contributed by atoms with E-state index >= 15 is 0 Å². The van der Waals surface area contributed by atoms with Crippen molar-refractivity contribution in [1.82, 2.24) is 5.32 Å². The van der Waals surface area contributed by atoms with Gasteiger partial charge in [-0.25, -0.2) is 0 Å². The summed E-state index contributed by atoms with van der Waals surface area (Å²) in [5.41, 5.74) is 0. The number of amides is 1. The highest BCUT2D eigenvalue weighted by molar-refractivity contribution is 5.73. The Labute approximate surface area is 173 Å². The first-order valence-electron chi connectivity index (χ1n) is 8.91. The highest BCUT2D eigenvalue weighted by atomic mass is 16.8. The minimum Gasteiger partial charge on any atom is -0.834 e. The van der Waals surface area contributed by atoms with Crippen molar-refractivity contribution in [1.29, 1.82) is 0 Å². The molecule has 1 amide bonds. The summed E-state index contributed by atoms with van der Waals surface area (Å²) in [6.45, 7) is 0.198. The van der Waals surface area contributed by atoms with Crippen LogP contribution in [0.2, 0.25) is 0 Å². The summed E-state index contributed by atoms with van der Waals surface area (Å²) in [6, 6.07) is -1.14. The van der Waals surface area contributed by atoms with Gasteiger partial charge in [-0.1, -0.05) is 0 Å². The summed E-state index contributed by atoms with van der Waals surface area (Å²) in [7, 11) is 2.45. The molecule has 10 atom stereocenters. The van der Waals surface area contributed by atoms with E-state index in [-0.39, 0.29) is 7.90 Å². The Morgan fingerprint density at radius 3 is 2.23 bits per heavy atom. The summed E-state index contributed by atoms with van der Waals surface area (Å²) in [4.78, 5) is 22.3. The van der Waals surface area contributed by atoms with Gasteiger partial charge < -0.3 is 58.9 Å². The Kier molecular flexibility index (Phi) is 9.30. The van der Waals surface area contributed by atoms with E-state index < -0.39 is 74.4 Å². The van der Waals surface area contributed by atoms with Gasteiger partial charge in [0, 0.05) is 22.6 Å². The fourth-order valence-corrected chi connectivity index (χ4v) is 3.26. The maximum Gasteiger partial charge on any atom is 0.295 e. The number of nitrogens with one attached hydrogen (secondary N) is 1. The van der Waals surface area contributed by atoms with Crippen LogP contribution < -0.4 is 10.4 Å². The number of aliphatic hydroxyl groups is 3. The highest BCUT2D eigenvalue weighted by Gasteiger charge is 2.52. The molecule has 2 heterocycles. The second-order valence-corrected chi connectivity index (χ2v) is 6.50. The molecule has 0 saturated carbocycles. The van der Waals surface area contributed by atoms with Crippen molar-refractivity contribution >= 4 is 12.4 Å². The number of ether oxygens (including phenoxy) is 7. The van der Waals surface area contributed by atoms with Crippen molar-refractivity contribution in [3.8, 4) is 0 Å². The summed E-state index contributed by atoms with van der Waals surface area (Å²) in [6.07, 6.45) is -13.3. The zero-order chi connectivity index (χ0) is 22.4. The molecule has 30 heavy (non-hydrogen) atoms. The topological polar surface area (TPSA) is 195 Å². The minimum atomic E-state index is -1.69. The molecular formula is C16H28NO13-. The van der Waals surface area contributed by atoms with Gasteiger partial charge >= 0.3 is 0 Å². The number of aliphatic hydroxyl groups excluding tert-OH is 3. The Morgan fingerprint density at radius 1 is 1.03 bits per heavy atom. The average Bonchev–Trinajstić information content (AvgIpc) is 2.70. The van der Waals surface area contributed by atoms with Crippen LogP contribution in [-0.2, 0) is 42.7 Å². The van der Waals surface area contributed by atoms with Crippen LogP contribution in [0, 0.1) is 0 Å². The molecule has 4 unspecified atom stereocenters. The quantitative estimate of drug-likeness (QED) is 0.198. The number of methoxy groups -OCH3 is 2. The molecule has 4 N–H and O–H groups in total. The van der Waals surface area contributed by atoms with Gasteiger partial charge in [0.2, 0.25) is 12.2 Å². The van der Waals surface area contributed by atoms with Crippen LogP contribution >= 0.6 is 0 Å². The number of rotatable bonds is 9. The van der Waals surface area contributed by atoms with Crippen LogP contribution in [0.1, 0.15) is 8.35 Å². The molecule has 0 radical (unpaired) electrons. The third-order valence-corrected chi connectivity index (χ3v) is 4.62. The van der Waals surface area contributed by atoms with Gasteiger partial charge in [-0.2, -0.15) is 0 Å².